The number of ether oxygens (including phenoxy) is 3. The molecule has 1 atom stereocenters. The highest BCUT2D eigenvalue weighted by molar-refractivity contribution is 9.10. The number of rotatable bonds is 4. The van der Waals surface area contributed by atoms with E-state index in [9.17, 15) is 0 Å². The smallest absolute Gasteiger partial charge is 0.234 e. The highest BCUT2D eigenvalue weighted by Crippen LogP contribution is 2.36. The Kier molecular flexibility index (Phi) is 4.17. The maximum Gasteiger partial charge on any atom is 0.234 e. The predicted octanol–water partition coefficient (Wildman–Crippen LogP) is 4.04. The van der Waals surface area contributed by atoms with Gasteiger partial charge >= 0.3 is 0 Å². The Morgan fingerprint density at radius 3 is 2.78 bits per heavy atom. The molecule has 9 heteroatoms. The summed E-state index contributed by atoms with van der Waals surface area (Å²) in [7, 11) is 0. The van der Waals surface area contributed by atoms with E-state index in [1.165, 1.54) is 11.3 Å². The van der Waals surface area contributed by atoms with Crippen LogP contribution < -0.4 is 14.2 Å². The zero-order chi connectivity index (χ0) is 18.2. The van der Waals surface area contributed by atoms with Crippen molar-refractivity contribution in [3.63, 3.8) is 0 Å². The first kappa shape index (κ1) is 16.5. The molecule has 0 aliphatic carbocycles. The molecule has 4 aromatic rings. The standard InChI is InChI=1S/C18H13BrN4O3S/c19-11-5-7-12(8-6-11)24-10-16-20-21-18-23(16)22-17(27-18)15-9-25-13-3-1-2-4-14(13)26-15/h1-8,15H,9-10H2. The molecular formula is C18H13BrN4O3S. The van der Waals surface area contributed by atoms with Crippen LogP contribution in [0.4, 0.5) is 0 Å². The van der Waals surface area contributed by atoms with E-state index in [4.69, 9.17) is 14.2 Å². The maximum atomic E-state index is 6.02. The van der Waals surface area contributed by atoms with Gasteiger partial charge < -0.3 is 14.2 Å². The van der Waals surface area contributed by atoms with Gasteiger partial charge in [0.05, 0.1) is 0 Å². The molecule has 1 aliphatic rings. The molecule has 0 bridgehead atoms. The summed E-state index contributed by atoms with van der Waals surface area (Å²) in [5, 5.41) is 13.8. The van der Waals surface area contributed by atoms with Gasteiger partial charge in [0.2, 0.25) is 4.96 Å². The van der Waals surface area contributed by atoms with Crippen LogP contribution in [-0.4, -0.2) is 26.4 Å². The van der Waals surface area contributed by atoms with Gasteiger partial charge in [-0.05, 0) is 36.4 Å². The van der Waals surface area contributed by atoms with E-state index in [1.54, 1.807) is 4.52 Å². The van der Waals surface area contributed by atoms with Gasteiger partial charge in [0.25, 0.3) is 0 Å². The van der Waals surface area contributed by atoms with Gasteiger partial charge in [-0.1, -0.05) is 39.4 Å². The number of para-hydroxylation sites is 2. The van der Waals surface area contributed by atoms with E-state index in [1.807, 2.05) is 48.5 Å². The number of hydrogen-bond donors (Lipinski definition) is 0. The summed E-state index contributed by atoms with van der Waals surface area (Å²) in [5.74, 6) is 2.86. The molecular weight excluding hydrogens is 432 g/mol. The minimum Gasteiger partial charge on any atom is -0.486 e. The Morgan fingerprint density at radius 2 is 1.93 bits per heavy atom. The van der Waals surface area contributed by atoms with Gasteiger partial charge in [-0.3, -0.25) is 0 Å². The number of benzene rings is 2. The fourth-order valence-corrected chi connectivity index (χ4v) is 3.85. The zero-order valence-corrected chi connectivity index (χ0v) is 16.3. The topological polar surface area (TPSA) is 70.8 Å². The zero-order valence-electron chi connectivity index (χ0n) is 13.9. The average molecular weight is 445 g/mol. The second kappa shape index (κ2) is 6.82. The lowest BCUT2D eigenvalue weighted by atomic mass is 10.3. The number of fused-ring (bicyclic) bond motifs is 2. The van der Waals surface area contributed by atoms with Crippen LogP contribution in [0.25, 0.3) is 4.96 Å². The molecule has 136 valence electrons. The largest absolute Gasteiger partial charge is 0.486 e. The van der Waals surface area contributed by atoms with Crippen LogP contribution in [-0.2, 0) is 6.61 Å². The van der Waals surface area contributed by atoms with Crippen molar-refractivity contribution >= 4 is 32.2 Å². The van der Waals surface area contributed by atoms with Gasteiger partial charge in [-0.25, -0.2) is 0 Å². The Balaban J connectivity index is 1.35. The van der Waals surface area contributed by atoms with Crippen molar-refractivity contribution in [2.24, 2.45) is 0 Å². The monoisotopic (exact) mass is 444 g/mol. The SMILES string of the molecule is Brc1ccc(OCc2nnc3sc(C4COc5ccccc5O4)nn23)cc1. The number of aromatic nitrogens is 4. The van der Waals surface area contributed by atoms with Crippen LogP contribution in [0.2, 0.25) is 0 Å². The van der Waals surface area contributed by atoms with Crippen molar-refractivity contribution in [1.29, 1.82) is 0 Å². The predicted molar refractivity (Wildman–Crippen MR) is 102 cm³/mol. The third-order valence-electron chi connectivity index (χ3n) is 4.04. The highest BCUT2D eigenvalue weighted by atomic mass is 79.9. The minimum atomic E-state index is -0.271. The number of halogens is 1. The molecule has 7 nitrogen and oxygen atoms in total. The van der Waals surface area contributed by atoms with Crippen molar-refractivity contribution in [3.05, 3.63) is 63.8 Å². The summed E-state index contributed by atoms with van der Waals surface area (Å²) >= 11 is 4.84. The Bertz CT molecular complexity index is 1100. The minimum absolute atomic E-state index is 0.271. The van der Waals surface area contributed by atoms with Crippen LogP contribution >= 0.6 is 27.3 Å². The summed E-state index contributed by atoms with van der Waals surface area (Å²) in [4.78, 5) is 0.696. The molecule has 2 aromatic carbocycles. The molecule has 0 spiro atoms. The average Bonchev–Trinajstić information content (AvgIpc) is 3.28. The van der Waals surface area contributed by atoms with Gasteiger partial charge in [-0.15, -0.1) is 10.2 Å². The van der Waals surface area contributed by atoms with E-state index in [2.05, 4.69) is 31.2 Å². The van der Waals surface area contributed by atoms with Crippen LogP contribution in [0.1, 0.15) is 16.9 Å². The van der Waals surface area contributed by atoms with E-state index in [0.717, 1.165) is 26.7 Å². The van der Waals surface area contributed by atoms with Gasteiger partial charge in [-0.2, -0.15) is 9.61 Å². The first-order valence-electron chi connectivity index (χ1n) is 8.24. The molecule has 0 N–H and O–H groups in total. The summed E-state index contributed by atoms with van der Waals surface area (Å²) in [6.07, 6.45) is -0.271. The Hall–Kier alpha value is -2.65. The van der Waals surface area contributed by atoms with Crippen LogP contribution in [0.3, 0.4) is 0 Å². The van der Waals surface area contributed by atoms with Crippen LogP contribution in [0.15, 0.2) is 53.0 Å². The van der Waals surface area contributed by atoms with E-state index >= 15 is 0 Å². The fraction of sp³-hybridized carbons (Fsp3) is 0.167. The van der Waals surface area contributed by atoms with Crippen molar-refractivity contribution in [3.8, 4) is 17.2 Å². The second-order valence-electron chi connectivity index (χ2n) is 5.86. The van der Waals surface area contributed by atoms with Crippen molar-refractivity contribution in [2.45, 2.75) is 12.7 Å². The third-order valence-corrected chi connectivity index (χ3v) is 5.56. The first-order chi connectivity index (χ1) is 13.3. The van der Waals surface area contributed by atoms with E-state index in [-0.39, 0.29) is 12.7 Å². The lowest BCUT2D eigenvalue weighted by molar-refractivity contribution is 0.0903. The maximum absolute atomic E-state index is 6.02. The Labute approximate surface area is 166 Å². The fourth-order valence-electron chi connectivity index (χ4n) is 2.71. The third kappa shape index (κ3) is 3.24. The summed E-state index contributed by atoms with van der Waals surface area (Å²) < 4.78 is 20.3. The number of hydrogen-bond acceptors (Lipinski definition) is 7. The Morgan fingerprint density at radius 1 is 1.11 bits per heavy atom. The molecule has 1 aliphatic heterocycles. The molecule has 27 heavy (non-hydrogen) atoms. The van der Waals surface area contributed by atoms with Crippen molar-refractivity contribution < 1.29 is 14.2 Å². The van der Waals surface area contributed by atoms with Crippen LogP contribution in [0, 0.1) is 0 Å². The summed E-state index contributed by atoms with van der Waals surface area (Å²) in [5.41, 5.74) is 0. The molecule has 3 heterocycles. The summed E-state index contributed by atoms with van der Waals surface area (Å²) in [6.45, 7) is 0.683. The normalized spacial score (nSPS) is 15.8. The molecule has 0 amide bonds. The van der Waals surface area contributed by atoms with E-state index in [0.29, 0.717) is 17.4 Å². The lowest BCUT2D eigenvalue weighted by Crippen LogP contribution is -2.21. The molecule has 0 saturated carbocycles. The second-order valence-corrected chi connectivity index (χ2v) is 7.76. The first-order valence-corrected chi connectivity index (χ1v) is 9.85. The van der Waals surface area contributed by atoms with Gasteiger partial charge in [0.15, 0.2) is 28.4 Å². The van der Waals surface area contributed by atoms with Crippen molar-refractivity contribution in [1.82, 2.24) is 19.8 Å². The summed E-state index contributed by atoms with van der Waals surface area (Å²) in [6, 6.07) is 15.2. The van der Waals surface area contributed by atoms with Crippen molar-refractivity contribution in [2.75, 3.05) is 6.61 Å². The molecule has 0 saturated heterocycles. The molecule has 0 radical (unpaired) electrons. The molecule has 0 fully saturated rings. The highest BCUT2D eigenvalue weighted by Gasteiger charge is 2.26. The number of nitrogens with zero attached hydrogens (tertiary/aromatic N) is 4. The lowest BCUT2D eigenvalue weighted by Gasteiger charge is -2.24. The molecule has 1 unspecified atom stereocenters. The molecule has 2 aromatic heterocycles. The van der Waals surface area contributed by atoms with Crippen LogP contribution in [0.5, 0.6) is 17.2 Å². The van der Waals surface area contributed by atoms with Gasteiger partial charge in [0.1, 0.15) is 19.0 Å². The van der Waals surface area contributed by atoms with Gasteiger partial charge in [0, 0.05) is 4.47 Å². The quantitative estimate of drug-likeness (QED) is 0.472. The van der Waals surface area contributed by atoms with E-state index < -0.39 is 0 Å². The molecule has 5 rings (SSSR count).